The van der Waals surface area contributed by atoms with Gasteiger partial charge in [0.15, 0.2) is 11.6 Å². The second-order valence-electron chi connectivity index (χ2n) is 3.78. The highest BCUT2D eigenvalue weighted by molar-refractivity contribution is 6.04. The standard InChI is InChI=1S/C13H9F3N2O2/c1-20-10-4-2-7(6-8(10)14)13(19)17-9-3-5-11(15)18-12(9)16/h2-6H,1H3,(H,17,19). The summed E-state index contributed by atoms with van der Waals surface area (Å²) in [7, 11) is 1.29. The van der Waals surface area contributed by atoms with Crippen molar-refractivity contribution in [1.29, 1.82) is 0 Å². The van der Waals surface area contributed by atoms with Crippen LogP contribution in [0, 0.1) is 17.7 Å². The number of benzene rings is 1. The number of halogens is 3. The van der Waals surface area contributed by atoms with E-state index in [1.165, 1.54) is 19.2 Å². The number of methoxy groups -OCH3 is 1. The summed E-state index contributed by atoms with van der Waals surface area (Å²) < 4.78 is 44.0. The molecule has 104 valence electrons. The van der Waals surface area contributed by atoms with E-state index >= 15 is 0 Å². The number of amides is 1. The van der Waals surface area contributed by atoms with Gasteiger partial charge in [0.25, 0.3) is 5.91 Å². The van der Waals surface area contributed by atoms with Gasteiger partial charge in [-0.3, -0.25) is 4.79 Å². The molecule has 4 nitrogen and oxygen atoms in total. The fourth-order valence-corrected chi connectivity index (χ4v) is 1.51. The van der Waals surface area contributed by atoms with Crippen LogP contribution >= 0.6 is 0 Å². The Bertz CT molecular complexity index is 662. The van der Waals surface area contributed by atoms with E-state index in [4.69, 9.17) is 4.74 Å². The summed E-state index contributed by atoms with van der Waals surface area (Å²) >= 11 is 0. The summed E-state index contributed by atoms with van der Waals surface area (Å²) in [6, 6.07) is 5.45. The van der Waals surface area contributed by atoms with Gasteiger partial charge in [0.2, 0.25) is 11.9 Å². The number of hydrogen-bond donors (Lipinski definition) is 1. The molecule has 1 aromatic carbocycles. The summed E-state index contributed by atoms with van der Waals surface area (Å²) in [6.07, 6.45) is 0. The number of ether oxygens (including phenoxy) is 1. The molecular weight excluding hydrogens is 273 g/mol. The molecule has 7 heteroatoms. The molecule has 0 saturated heterocycles. The van der Waals surface area contributed by atoms with E-state index in [9.17, 15) is 18.0 Å². The van der Waals surface area contributed by atoms with E-state index in [0.717, 1.165) is 18.2 Å². The molecule has 1 aromatic heterocycles. The monoisotopic (exact) mass is 282 g/mol. The number of hydrogen-bond acceptors (Lipinski definition) is 3. The second-order valence-corrected chi connectivity index (χ2v) is 3.78. The largest absolute Gasteiger partial charge is 0.494 e. The van der Waals surface area contributed by atoms with Gasteiger partial charge in [-0.2, -0.15) is 13.8 Å². The average molecular weight is 282 g/mol. The fraction of sp³-hybridized carbons (Fsp3) is 0.0769. The van der Waals surface area contributed by atoms with E-state index in [0.29, 0.717) is 0 Å². The number of carbonyl (C=O) groups excluding carboxylic acids is 1. The molecule has 0 saturated carbocycles. The fourth-order valence-electron chi connectivity index (χ4n) is 1.51. The maximum Gasteiger partial charge on any atom is 0.255 e. The maximum absolute atomic E-state index is 13.4. The number of anilines is 1. The first-order valence-corrected chi connectivity index (χ1v) is 5.48. The summed E-state index contributed by atoms with van der Waals surface area (Å²) in [5.41, 5.74) is -0.334. The van der Waals surface area contributed by atoms with E-state index in [1.807, 2.05) is 0 Å². The highest BCUT2D eigenvalue weighted by atomic mass is 19.1. The number of nitrogens with zero attached hydrogens (tertiary/aromatic N) is 1. The summed E-state index contributed by atoms with van der Waals surface area (Å²) in [5, 5.41) is 2.17. The smallest absolute Gasteiger partial charge is 0.255 e. The minimum Gasteiger partial charge on any atom is -0.494 e. The molecule has 0 aliphatic heterocycles. The molecule has 1 heterocycles. The van der Waals surface area contributed by atoms with Gasteiger partial charge in [-0.1, -0.05) is 0 Å². The van der Waals surface area contributed by atoms with Gasteiger partial charge in [0, 0.05) is 5.56 Å². The van der Waals surface area contributed by atoms with Crippen LogP contribution in [-0.4, -0.2) is 18.0 Å². The SMILES string of the molecule is COc1ccc(C(=O)Nc2ccc(F)nc2F)cc1F. The Morgan fingerprint density at radius 3 is 2.55 bits per heavy atom. The molecule has 2 rings (SSSR count). The highest BCUT2D eigenvalue weighted by Gasteiger charge is 2.13. The van der Waals surface area contributed by atoms with Crippen molar-refractivity contribution in [2.45, 2.75) is 0 Å². The van der Waals surface area contributed by atoms with Gasteiger partial charge >= 0.3 is 0 Å². The first kappa shape index (κ1) is 13.9. The molecule has 1 amide bonds. The quantitative estimate of drug-likeness (QED) is 0.881. The summed E-state index contributed by atoms with van der Waals surface area (Å²) in [6.45, 7) is 0. The molecular formula is C13H9F3N2O2. The van der Waals surface area contributed by atoms with Crippen molar-refractivity contribution in [3.05, 3.63) is 53.6 Å². The van der Waals surface area contributed by atoms with Crippen LogP contribution in [-0.2, 0) is 0 Å². The van der Waals surface area contributed by atoms with E-state index < -0.39 is 23.6 Å². The Balaban J connectivity index is 2.21. The van der Waals surface area contributed by atoms with Crippen LogP contribution in [0.15, 0.2) is 30.3 Å². The zero-order valence-electron chi connectivity index (χ0n) is 10.3. The molecule has 0 unspecified atom stereocenters. The second kappa shape index (κ2) is 5.60. The third-order valence-corrected chi connectivity index (χ3v) is 2.48. The van der Waals surface area contributed by atoms with Gasteiger partial charge in [-0.05, 0) is 30.3 Å². The number of pyridine rings is 1. The predicted molar refractivity (Wildman–Crippen MR) is 65.1 cm³/mol. The average Bonchev–Trinajstić information content (AvgIpc) is 2.41. The number of nitrogens with one attached hydrogen (secondary N) is 1. The topological polar surface area (TPSA) is 51.2 Å². The van der Waals surface area contributed by atoms with Crippen molar-refractivity contribution < 1.29 is 22.7 Å². The Labute approximate surface area is 112 Å². The lowest BCUT2D eigenvalue weighted by Crippen LogP contribution is -2.14. The molecule has 0 radical (unpaired) electrons. The predicted octanol–water partition coefficient (Wildman–Crippen LogP) is 2.76. The van der Waals surface area contributed by atoms with Crippen molar-refractivity contribution in [3.8, 4) is 5.75 Å². The van der Waals surface area contributed by atoms with Crippen LogP contribution in [0.5, 0.6) is 5.75 Å². The number of aromatic nitrogens is 1. The molecule has 0 aliphatic carbocycles. The number of carbonyl (C=O) groups is 1. The zero-order valence-corrected chi connectivity index (χ0v) is 10.3. The Morgan fingerprint density at radius 1 is 1.20 bits per heavy atom. The molecule has 20 heavy (non-hydrogen) atoms. The van der Waals surface area contributed by atoms with Crippen molar-refractivity contribution in [3.63, 3.8) is 0 Å². The first-order chi connectivity index (χ1) is 9.51. The minimum absolute atomic E-state index is 0.0174. The molecule has 0 aliphatic rings. The van der Waals surface area contributed by atoms with E-state index in [2.05, 4.69) is 10.3 Å². The van der Waals surface area contributed by atoms with Crippen LogP contribution in [0.4, 0.5) is 18.9 Å². The lowest BCUT2D eigenvalue weighted by molar-refractivity contribution is 0.102. The summed E-state index contributed by atoms with van der Waals surface area (Å²) in [4.78, 5) is 14.7. The van der Waals surface area contributed by atoms with Gasteiger partial charge in [0.1, 0.15) is 0 Å². The molecule has 1 N–H and O–H groups in total. The van der Waals surface area contributed by atoms with Crippen LogP contribution in [0.25, 0.3) is 0 Å². The molecule has 2 aromatic rings. The van der Waals surface area contributed by atoms with Crippen LogP contribution in [0.1, 0.15) is 10.4 Å². The maximum atomic E-state index is 13.4. The molecule has 0 bridgehead atoms. The minimum atomic E-state index is -1.16. The normalized spacial score (nSPS) is 10.2. The third kappa shape index (κ3) is 2.87. The Kier molecular flexibility index (Phi) is 3.88. The number of rotatable bonds is 3. The molecule has 0 spiro atoms. The first-order valence-electron chi connectivity index (χ1n) is 5.48. The van der Waals surface area contributed by atoms with E-state index in [-0.39, 0.29) is 17.0 Å². The lowest BCUT2D eigenvalue weighted by atomic mass is 10.2. The lowest BCUT2D eigenvalue weighted by Gasteiger charge is -2.07. The van der Waals surface area contributed by atoms with E-state index in [1.54, 1.807) is 0 Å². The van der Waals surface area contributed by atoms with Crippen LogP contribution in [0.3, 0.4) is 0 Å². The molecule has 0 atom stereocenters. The summed E-state index contributed by atoms with van der Waals surface area (Å²) in [5.74, 6) is -3.66. The third-order valence-electron chi connectivity index (χ3n) is 2.48. The van der Waals surface area contributed by atoms with Gasteiger partial charge in [-0.25, -0.2) is 4.39 Å². The van der Waals surface area contributed by atoms with Crippen molar-refractivity contribution in [2.24, 2.45) is 0 Å². The molecule has 0 fully saturated rings. The van der Waals surface area contributed by atoms with Gasteiger partial charge in [0.05, 0.1) is 12.8 Å². The highest BCUT2D eigenvalue weighted by Crippen LogP contribution is 2.19. The van der Waals surface area contributed by atoms with Gasteiger partial charge in [-0.15, -0.1) is 0 Å². The van der Waals surface area contributed by atoms with Crippen molar-refractivity contribution in [1.82, 2.24) is 4.98 Å². The van der Waals surface area contributed by atoms with Crippen molar-refractivity contribution >= 4 is 11.6 Å². The Morgan fingerprint density at radius 2 is 1.95 bits per heavy atom. The Hall–Kier alpha value is -2.57. The van der Waals surface area contributed by atoms with Crippen LogP contribution < -0.4 is 10.1 Å². The zero-order chi connectivity index (χ0) is 14.7. The van der Waals surface area contributed by atoms with Crippen LogP contribution in [0.2, 0.25) is 0 Å². The van der Waals surface area contributed by atoms with Crippen molar-refractivity contribution in [2.75, 3.05) is 12.4 Å². The van der Waals surface area contributed by atoms with Gasteiger partial charge < -0.3 is 10.1 Å².